The van der Waals surface area contributed by atoms with Gasteiger partial charge in [-0.2, -0.15) is 13.2 Å². The molecule has 0 unspecified atom stereocenters. The van der Waals surface area contributed by atoms with Crippen molar-refractivity contribution in [2.75, 3.05) is 0 Å². The summed E-state index contributed by atoms with van der Waals surface area (Å²) in [5, 5.41) is 8.79. The molecule has 8 heteroatoms. The molecule has 2 aromatic rings. The lowest BCUT2D eigenvalue weighted by molar-refractivity contribution is -0.139. The highest BCUT2D eigenvalue weighted by molar-refractivity contribution is 5.75. The minimum Gasteiger partial charge on any atom is -0.489 e. The third-order valence-electron chi connectivity index (χ3n) is 3.89. The van der Waals surface area contributed by atoms with Gasteiger partial charge in [-0.25, -0.2) is 4.39 Å². The molecule has 1 fully saturated rings. The van der Waals surface area contributed by atoms with Gasteiger partial charge in [0, 0.05) is 6.07 Å². The maximum Gasteiger partial charge on any atom is 0.416 e. The summed E-state index contributed by atoms with van der Waals surface area (Å²) in [6.07, 6.45) is -7.05. The van der Waals surface area contributed by atoms with Gasteiger partial charge in [0.05, 0.1) is 5.56 Å². The van der Waals surface area contributed by atoms with Crippen molar-refractivity contribution in [1.82, 2.24) is 0 Å². The largest absolute Gasteiger partial charge is 0.489 e. The molecule has 3 rings (SSSR count). The quantitative estimate of drug-likeness (QED) is 0.779. The number of hydrogen-bond donors (Lipinski definition) is 1. The molecule has 3 atom stereocenters. The van der Waals surface area contributed by atoms with Crippen LogP contribution in [0.2, 0.25) is 0 Å². The van der Waals surface area contributed by atoms with Gasteiger partial charge in [0.1, 0.15) is 30.1 Å². The van der Waals surface area contributed by atoms with Gasteiger partial charge in [-0.3, -0.25) is 4.79 Å². The number of carbonyl (C=O) groups is 1. The number of benzene rings is 2. The molecule has 0 aromatic heterocycles. The maximum atomic E-state index is 13.4. The van der Waals surface area contributed by atoms with Gasteiger partial charge in [-0.15, -0.1) is 0 Å². The Morgan fingerprint density at radius 3 is 2.42 bits per heavy atom. The Balaban J connectivity index is 1.62. The first-order valence-electron chi connectivity index (χ1n) is 7.68. The number of ether oxygens (including phenoxy) is 2. The Bertz CT molecular complexity index is 806. The van der Waals surface area contributed by atoms with Crippen molar-refractivity contribution < 1.29 is 36.9 Å². The fourth-order valence-electron chi connectivity index (χ4n) is 2.46. The van der Waals surface area contributed by atoms with Crippen molar-refractivity contribution in [3.8, 4) is 11.5 Å². The lowest BCUT2D eigenvalue weighted by Gasteiger charge is -2.11. The first kappa shape index (κ1) is 18.0. The highest BCUT2D eigenvalue weighted by Crippen LogP contribution is 2.39. The molecule has 0 radical (unpaired) electrons. The van der Waals surface area contributed by atoms with Crippen LogP contribution in [0.3, 0.4) is 0 Å². The number of alkyl halides is 4. The zero-order chi connectivity index (χ0) is 18.9. The predicted molar refractivity (Wildman–Crippen MR) is 82.7 cm³/mol. The van der Waals surface area contributed by atoms with Crippen LogP contribution in [0.25, 0.3) is 0 Å². The van der Waals surface area contributed by atoms with Gasteiger partial charge in [0.2, 0.25) is 0 Å². The summed E-state index contributed by atoms with van der Waals surface area (Å²) in [6.45, 7) is -0.0969. The van der Waals surface area contributed by atoms with E-state index >= 15 is 0 Å². The molecule has 4 nitrogen and oxygen atoms in total. The molecule has 0 bridgehead atoms. The van der Waals surface area contributed by atoms with Crippen molar-refractivity contribution in [2.24, 2.45) is 5.92 Å². The van der Waals surface area contributed by atoms with Gasteiger partial charge in [0.15, 0.2) is 6.17 Å². The zero-order valence-corrected chi connectivity index (χ0v) is 13.2. The second-order valence-electron chi connectivity index (χ2n) is 5.85. The second kappa shape index (κ2) is 6.86. The van der Waals surface area contributed by atoms with E-state index in [2.05, 4.69) is 0 Å². The summed E-state index contributed by atoms with van der Waals surface area (Å²) in [7, 11) is 0. The monoisotopic (exact) mass is 370 g/mol. The standard InChI is InChI=1S/C18H14F4O4/c19-15-14(17(23)24)16(15)26-13-6-2-5-12(8-13)25-9-10-3-1-4-11(7-10)18(20,21)22/h1-8,14-16H,9H2,(H,23,24)/t14-,15-,16+/m1/s1. The molecular weight excluding hydrogens is 356 g/mol. The second-order valence-corrected chi connectivity index (χ2v) is 5.85. The normalized spacial score (nSPS) is 21.9. The van der Waals surface area contributed by atoms with Crippen LogP contribution >= 0.6 is 0 Å². The fourth-order valence-corrected chi connectivity index (χ4v) is 2.46. The van der Waals surface area contributed by atoms with E-state index in [-0.39, 0.29) is 12.4 Å². The van der Waals surface area contributed by atoms with Gasteiger partial charge < -0.3 is 14.6 Å². The summed E-state index contributed by atoms with van der Waals surface area (Å²) >= 11 is 0. The third kappa shape index (κ3) is 4.07. The van der Waals surface area contributed by atoms with Crippen LogP contribution in [0, 0.1) is 5.92 Å². The van der Waals surface area contributed by atoms with Crippen LogP contribution in [0.15, 0.2) is 48.5 Å². The molecular formula is C18H14F4O4. The summed E-state index contributed by atoms with van der Waals surface area (Å²) in [6, 6.07) is 10.8. The smallest absolute Gasteiger partial charge is 0.416 e. The number of carboxylic acid groups (broad SMARTS) is 1. The number of aliphatic carboxylic acids is 1. The van der Waals surface area contributed by atoms with E-state index in [0.29, 0.717) is 11.3 Å². The number of hydrogen-bond acceptors (Lipinski definition) is 3. The van der Waals surface area contributed by atoms with E-state index in [9.17, 15) is 22.4 Å². The molecule has 1 N–H and O–H groups in total. The van der Waals surface area contributed by atoms with E-state index in [0.717, 1.165) is 12.1 Å². The van der Waals surface area contributed by atoms with E-state index in [4.69, 9.17) is 14.6 Å². The molecule has 0 saturated heterocycles. The zero-order valence-electron chi connectivity index (χ0n) is 13.2. The summed E-state index contributed by atoms with van der Waals surface area (Å²) in [4.78, 5) is 10.8. The summed E-state index contributed by atoms with van der Waals surface area (Å²) in [5.74, 6) is -1.92. The highest BCUT2D eigenvalue weighted by Gasteiger charge is 2.59. The summed E-state index contributed by atoms with van der Waals surface area (Å²) in [5.41, 5.74) is -0.429. The molecule has 0 spiro atoms. The van der Waals surface area contributed by atoms with Crippen LogP contribution < -0.4 is 9.47 Å². The third-order valence-corrected chi connectivity index (χ3v) is 3.89. The molecule has 2 aromatic carbocycles. The van der Waals surface area contributed by atoms with Crippen molar-refractivity contribution in [2.45, 2.75) is 25.1 Å². The highest BCUT2D eigenvalue weighted by atomic mass is 19.4. The van der Waals surface area contributed by atoms with Gasteiger partial charge >= 0.3 is 12.1 Å². The average molecular weight is 370 g/mol. The Labute approximate surface area is 146 Å². The first-order valence-corrected chi connectivity index (χ1v) is 7.68. The number of rotatable bonds is 6. The molecule has 0 amide bonds. The van der Waals surface area contributed by atoms with Crippen molar-refractivity contribution in [1.29, 1.82) is 0 Å². The van der Waals surface area contributed by atoms with Crippen LogP contribution in [0.1, 0.15) is 11.1 Å². The Morgan fingerprint density at radius 1 is 1.08 bits per heavy atom. The van der Waals surface area contributed by atoms with Crippen molar-refractivity contribution in [3.63, 3.8) is 0 Å². The summed E-state index contributed by atoms with van der Waals surface area (Å²) < 4.78 is 62.2. The number of halogens is 4. The van der Waals surface area contributed by atoms with Crippen LogP contribution in [-0.2, 0) is 17.6 Å². The average Bonchev–Trinajstić information content (AvgIpc) is 3.22. The first-order chi connectivity index (χ1) is 12.3. The van der Waals surface area contributed by atoms with E-state index in [1.54, 1.807) is 12.1 Å². The molecule has 138 valence electrons. The predicted octanol–water partition coefficient (Wildman–Crippen LogP) is 4.08. The van der Waals surface area contributed by atoms with Crippen LogP contribution in [0.4, 0.5) is 17.6 Å². The Morgan fingerprint density at radius 2 is 1.77 bits per heavy atom. The molecule has 1 saturated carbocycles. The number of carboxylic acids is 1. The van der Waals surface area contributed by atoms with Gasteiger partial charge in [0.25, 0.3) is 0 Å². The molecule has 1 aliphatic carbocycles. The van der Waals surface area contributed by atoms with Gasteiger partial charge in [-0.05, 0) is 29.8 Å². The van der Waals surface area contributed by atoms with E-state index in [1.807, 2.05) is 0 Å². The molecule has 26 heavy (non-hydrogen) atoms. The minimum absolute atomic E-state index is 0.0969. The minimum atomic E-state index is -4.43. The van der Waals surface area contributed by atoms with Crippen molar-refractivity contribution >= 4 is 5.97 Å². The maximum absolute atomic E-state index is 13.4. The lowest BCUT2D eigenvalue weighted by atomic mass is 10.1. The van der Waals surface area contributed by atoms with Gasteiger partial charge in [-0.1, -0.05) is 18.2 Å². The lowest BCUT2D eigenvalue weighted by Crippen LogP contribution is -2.07. The molecule has 1 aliphatic rings. The van der Waals surface area contributed by atoms with Crippen molar-refractivity contribution in [3.05, 3.63) is 59.7 Å². The SMILES string of the molecule is O=C(O)[C@@H]1[C@@H](F)[C@H]1Oc1cccc(OCc2cccc(C(F)(F)F)c2)c1. The topological polar surface area (TPSA) is 55.8 Å². The van der Waals surface area contributed by atoms with Crippen LogP contribution in [0.5, 0.6) is 11.5 Å². The molecule has 0 aliphatic heterocycles. The Kier molecular flexibility index (Phi) is 4.76. The van der Waals surface area contributed by atoms with E-state index < -0.39 is 35.9 Å². The Hall–Kier alpha value is -2.77. The van der Waals surface area contributed by atoms with Crippen LogP contribution in [-0.4, -0.2) is 23.4 Å². The fraction of sp³-hybridized carbons (Fsp3) is 0.278. The van der Waals surface area contributed by atoms with E-state index in [1.165, 1.54) is 24.3 Å². The molecule has 0 heterocycles.